The molecule has 1 aromatic rings. The predicted octanol–water partition coefficient (Wildman–Crippen LogP) is 3.43. The summed E-state index contributed by atoms with van der Waals surface area (Å²) in [5.74, 6) is -0.652. The summed E-state index contributed by atoms with van der Waals surface area (Å²) in [4.78, 5) is 25.2. The first-order valence-electron chi connectivity index (χ1n) is 7.11. The molecule has 2 unspecified atom stereocenters. The second kappa shape index (κ2) is 6.20. The van der Waals surface area contributed by atoms with Crippen molar-refractivity contribution in [3.63, 3.8) is 0 Å². The summed E-state index contributed by atoms with van der Waals surface area (Å²) in [7, 11) is 0. The van der Waals surface area contributed by atoms with E-state index < -0.39 is 23.7 Å². The van der Waals surface area contributed by atoms with Crippen LogP contribution in [-0.2, 0) is 9.53 Å². The minimum Gasteiger partial charge on any atom is -0.480 e. The lowest BCUT2D eigenvalue weighted by Gasteiger charge is -2.30. The van der Waals surface area contributed by atoms with Crippen LogP contribution in [0.1, 0.15) is 37.3 Å². The maximum atomic E-state index is 12.5. The van der Waals surface area contributed by atoms with Gasteiger partial charge in [0.25, 0.3) is 0 Å². The van der Waals surface area contributed by atoms with Crippen molar-refractivity contribution in [2.24, 2.45) is 0 Å². The van der Waals surface area contributed by atoms with Gasteiger partial charge in [0.15, 0.2) is 0 Å². The van der Waals surface area contributed by atoms with E-state index in [0.717, 1.165) is 11.1 Å². The average Bonchev–Trinajstić information content (AvgIpc) is 2.82. The summed E-state index contributed by atoms with van der Waals surface area (Å²) in [6.07, 6.45) is -0.588. The maximum Gasteiger partial charge on any atom is 0.412 e. The number of thioether (sulfide) groups is 1. The van der Waals surface area contributed by atoms with Crippen LogP contribution in [0.25, 0.3) is 0 Å². The van der Waals surface area contributed by atoms with E-state index in [-0.39, 0.29) is 5.37 Å². The lowest BCUT2D eigenvalue weighted by Crippen LogP contribution is -2.45. The van der Waals surface area contributed by atoms with Crippen LogP contribution < -0.4 is 0 Å². The van der Waals surface area contributed by atoms with Crippen LogP contribution in [0.3, 0.4) is 0 Å². The first-order chi connectivity index (χ1) is 10.2. The normalized spacial score (nSPS) is 21.7. The SMILES string of the molecule is Cc1ccc(C2SCC(C(=O)O)N2C(=O)OC(C)(C)C)cc1. The fraction of sp³-hybridized carbons (Fsp3) is 0.500. The molecule has 0 aliphatic carbocycles. The summed E-state index contributed by atoms with van der Waals surface area (Å²) in [6, 6.07) is 6.89. The Morgan fingerprint density at radius 1 is 1.27 bits per heavy atom. The second-order valence-electron chi connectivity index (χ2n) is 6.34. The molecule has 22 heavy (non-hydrogen) atoms. The number of benzene rings is 1. The molecule has 1 heterocycles. The molecule has 0 saturated carbocycles. The lowest BCUT2D eigenvalue weighted by atomic mass is 10.1. The number of amides is 1. The highest BCUT2D eigenvalue weighted by atomic mass is 32.2. The Bertz CT molecular complexity index is 565. The molecule has 6 heteroatoms. The Kier molecular flexibility index (Phi) is 4.70. The van der Waals surface area contributed by atoms with Gasteiger partial charge in [-0.3, -0.25) is 4.90 Å². The third-order valence-electron chi connectivity index (χ3n) is 3.25. The highest BCUT2D eigenvalue weighted by Crippen LogP contribution is 2.42. The molecule has 120 valence electrons. The van der Waals surface area contributed by atoms with Crippen molar-refractivity contribution in [3.05, 3.63) is 35.4 Å². The largest absolute Gasteiger partial charge is 0.480 e. The summed E-state index contributed by atoms with van der Waals surface area (Å²) >= 11 is 1.44. The fourth-order valence-corrected chi connectivity index (χ4v) is 3.63. The van der Waals surface area contributed by atoms with Crippen LogP contribution in [0, 0.1) is 6.92 Å². The van der Waals surface area contributed by atoms with Gasteiger partial charge in [-0.2, -0.15) is 0 Å². The Morgan fingerprint density at radius 2 is 1.86 bits per heavy atom. The molecule has 0 radical (unpaired) electrons. The summed E-state index contributed by atoms with van der Waals surface area (Å²) < 4.78 is 5.39. The minimum atomic E-state index is -1.01. The number of carboxylic acid groups (broad SMARTS) is 1. The van der Waals surface area contributed by atoms with Crippen LogP contribution >= 0.6 is 11.8 Å². The van der Waals surface area contributed by atoms with Crippen LogP contribution in [0.2, 0.25) is 0 Å². The third-order valence-corrected chi connectivity index (χ3v) is 4.58. The number of rotatable bonds is 2. The number of carbonyl (C=O) groups excluding carboxylic acids is 1. The second-order valence-corrected chi connectivity index (χ2v) is 7.45. The minimum absolute atomic E-state index is 0.337. The Hall–Kier alpha value is -1.69. The van der Waals surface area contributed by atoms with Crippen molar-refractivity contribution >= 4 is 23.8 Å². The van der Waals surface area contributed by atoms with Gasteiger partial charge in [0.2, 0.25) is 0 Å². The van der Waals surface area contributed by atoms with E-state index in [1.165, 1.54) is 16.7 Å². The Balaban J connectivity index is 2.30. The quantitative estimate of drug-likeness (QED) is 0.903. The van der Waals surface area contributed by atoms with Crippen LogP contribution in [0.4, 0.5) is 4.79 Å². The van der Waals surface area contributed by atoms with Gasteiger partial charge in [0.1, 0.15) is 17.0 Å². The van der Waals surface area contributed by atoms with Gasteiger partial charge in [0.05, 0.1) is 0 Å². The molecule has 1 N–H and O–H groups in total. The van der Waals surface area contributed by atoms with Gasteiger partial charge in [0, 0.05) is 5.75 Å². The highest BCUT2D eigenvalue weighted by molar-refractivity contribution is 7.99. The molecule has 0 aromatic heterocycles. The van der Waals surface area contributed by atoms with Crippen molar-refractivity contribution < 1.29 is 19.4 Å². The van der Waals surface area contributed by atoms with Crippen molar-refractivity contribution in [2.75, 3.05) is 5.75 Å². The van der Waals surface area contributed by atoms with E-state index >= 15 is 0 Å². The molecule has 1 aliphatic heterocycles. The predicted molar refractivity (Wildman–Crippen MR) is 85.9 cm³/mol. The van der Waals surface area contributed by atoms with Gasteiger partial charge in [-0.1, -0.05) is 29.8 Å². The number of carbonyl (C=O) groups is 2. The zero-order chi connectivity index (χ0) is 16.5. The standard InChI is InChI=1S/C16H21NO4S/c1-10-5-7-11(8-6-10)13-17(12(9-22-13)14(18)19)15(20)21-16(2,3)4/h5-8,12-13H,9H2,1-4H3,(H,18,19). The van der Waals surface area contributed by atoms with E-state index in [0.29, 0.717) is 5.75 Å². The van der Waals surface area contributed by atoms with E-state index in [2.05, 4.69) is 0 Å². The molecule has 5 nitrogen and oxygen atoms in total. The molecule has 1 amide bonds. The topological polar surface area (TPSA) is 66.8 Å². The van der Waals surface area contributed by atoms with Crippen molar-refractivity contribution in [2.45, 2.75) is 44.7 Å². The number of ether oxygens (including phenoxy) is 1. The molecule has 0 spiro atoms. The van der Waals surface area contributed by atoms with E-state index in [4.69, 9.17) is 4.74 Å². The number of aliphatic carboxylic acids is 1. The van der Waals surface area contributed by atoms with E-state index in [1.807, 2.05) is 31.2 Å². The van der Waals surface area contributed by atoms with Crippen molar-refractivity contribution in [1.82, 2.24) is 4.90 Å². The molecule has 1 fully saturated rings. The average molecular weight is 323 g/mol. The summed E-state index contributed by atoms with van der Waals surface area (Å²) in [5, 5.41) is 9.04. The van der Waals surface area contributed by atoms with E-state index in [9.17, 15) is 14.7 Å². The van der Waals surface area contributed by atoms with Crippen molar-refractivity contribution in [1.29, 1.82) is 0 Å². The molecule has 1 saturated heterocycles. The zero-order valence-electron chi connectivity index (χ0n) is 13.2. The highest BCUT2D eigenvalue weighted by Gasteiger charge is 2.44. The van der Waals surface area contributed by atoms with Crippen LogP contribution in [0.5, 0.6) is 0 Å². The monoisotopic (exact) mass is 323 g/mol. The molecular weight excluding hydrogens is 302 g/mol. The molecule has 2 rings (SSSR count). The number of carboxylic acids is 1. The van der Waals surface area contributed by atoms with Gasteiger partial charge in [-0.05, 0) is 33.3 Å². The van der Waals surface area contributed by atoms with E-state index in [1.54, 1.807) is 20.8 Å². The van der Waals surface area contributed by atoms with Crippen LogP contribution in [-0.4, -0.2) is 39.5 Å². The summed E-state index contributed by atoms with van der Waals surface area (Å²) in [5.41, 5.74) is 1.36. The molecular formula is C16H21NO4S. The van der Waals surface area contributed by atoms with Crippen LogP contribution in [0.15, 0.2) is 24.3 Å². The van der Waals surface area contributed by atoms with Crippen molar-refractivity contribution in [3.8, 4) is 0 Å². The number of aryl methyl sites for hydroxylation is 1. The zero-order valence-corrected chi connectivity index (χ0v) is 14.0. The number of hydrogen-bond donors (Lipinski definition) is 1. The van der Waals surface area contributed by atoms with Gasteiger partial charge in [-0.25, -0.2) is 9.59 Å². The number of nitrogens with zero attached hydrogens (tertiary/aromatic N) is 1. The van der Waals surface area contributed by atoms with Gasteiger partial charge < -0.3 is 9.84 Å². The fourth-order valence-electron chi connectivity index (χ4n) is 2.22. The maximum absolute atomic E-state index is 12.5. The summed E-state index contributed by atoms with van der Waals surface area (Å²) in [6.45, 7) is 7.29. The first-order valence-corrected chi connectivity index (χ1v) is 8.16. The third kappa shape index (κ3) is 3.74. The number of hydrogen-bond acceptors (Lipinski definition) is 4. The van der Waals surface area contributed by atoms with Gasteiger partial charge >= 0.3 is 12.1 Å². The molecule has 0 bridgehead atoms. The smallest absolute Gasteiger partial charge is 0.412 e. The Morgan fingerprint density at radius 3 is 2.36 bits per heavy atom. The Labute approximate surface area is 134 Å². The molecule has 1 aliphatic rings. The molecule has 2 atom stereocenters. The van der Waals surface area contributed by atoms with Gasteiger partial charge in [-0.15, -0.1) is 11.8 Å². The first kappa shape index (κ1) is 16.7. The molecule has 1 aromatic carbocycles. The lowest BCUT2D eigenvalue weighted by molar-refractivity contribution is -0.142.